The van der Waals surface area contributed by atoms with Gasteiger partial charge in [0.15, 0.2) is 0 Å². The maximum Gasteiger partial charge on any atom is 0.293 e. The van der Waals surface area contributed by atoms with Gasteiger partial charge in [-0.15, -0.1) is 0 Å². The van der Waals surface area contributed by atoms with Crippen LogP contribution in [0.4, 0.5) is 17.1 Å². The molecule has 3 heterocycles. The minimum Gasteiger partial charge on any atom is -0.378 e. The molecule has 1 aliphatic rings. The van der Waals surface area contributed by atoms with E-state index >= 15 is 0 Å². The number of ether oxygens (including phenoxy) is 1. The van der Waals surface area contributed by atoms with E-state index in [1.807, 2.05) is 4.90 Å². The Morgan fingerprint density at radius 2 is 1.67 bits per heavy atom. The van der Waals surface area contributed by atoms with Crippen LogP contribution < -0.4 is 4.90 Å². The molecule has 0 atom stereocenters. The van der Waals surface area contributed by atoms with Crippen LogP contribution in [0.25, 0.3) is 16.6 Å². The second-order valence-corrected chi connectivity index (χ2v) is 8.62. The Kier molecular flexibility index (Phi) is 6.13. The van der Waals surface area contributed by atoms with E-state index in [2.05, 4.69) is 0 Å². The maximum atomic E-state index is 13.8. The molecule has 2 aromatic heterocycles. The Bertz CT molecular complexity index is 1530. The number of aromatic nitrogens is 1. The van der Waals surface area contributed by atoms with E-state index in [9.17, 15) is 25.0 Å². The fraction of sp³-hybridized carbons (Fsp3) is 0.160. The molecule has 4 aromatic rings. The average molecular weight is 507 g/mol. The minimum atomic E-state index is -0.586. The minimum absolute atomic E-state index is 0.0188. The molecule has 10 nitrogen and oxygen atoms in total. The number of halogens is 1. The van der Waals surface area contributed by atoms with Crippen LogP contribution >= 0.6 is 11.6 Å². The number of nitro groups is 2. The molecule has 182 valence electrons. The van der Waals surface area contributed by atoms with Crippen LogP contribution in [0.5, 0.6) is 0 Å². The van der Waals surface area contributed by atoms with Gasteiger partial charge in [-0.1, -0.05) is 23.7 Å². The number of nitrogens with zero attached hydrogens (tertiary/aromatic N) is 4. The lowest BCUT2D eigenvalue weighted by molar-refractivity contribution is -0.384. The third kappa shape index (κ3) is 4.16. The third-order valence-electron chi connectivity index (χ3n) is 6.13. The lowest BCUT2D eigenvalue weighted by Gasteiger charge is -2.28. The predicted octanol–water partition coefficient (Wildman–Crippen LogP) is 5.14. The molecule has 36 heavy (non-hydrogen) atoms. The summed E-state index contributed by atoms with van der Waals surface area (Å²) >= 11 is 5.99. The molecule has 0 radical (unpaired) electrons. The van der Waals surface area contributed by atoms with Crippen molar-refractivity contribution in [3.05, 3.63) is 103 Å². The molecule has 11 heteroatoms. The smallest absolute Gasteiger partial charge is 0.293 e. The molecule has 0 unspecified atom stereocenters. The Balaban J connectivity index is 1.65. The van der Waals surface area contributed by atoms with Crippen molar-refractivity contribution < 1.29 is 19.4 Å². The highest BCUT2D eigenvalue weighted by Gasteiger charge is 2.27. The highest BCUT2D eigenvalue weighted by Crippen LogP contribution is 2.36. The Labute approximate surface area is 209 Å². The number of rotatable bonds is 6. The van der Waals surface area contributed by atoms with E-state index in [0.29, 0.717) is 48.6 Å². The second-order valence-electron chi connectivity index (χ2n) is 8.21. The topological polar surface area (TPSA) is 120 Å². The lowest BCUT2D eigenvalue weighted by Crippen LogP contribution is -2.36. The van der Waals surface area contributed by atoms with Crippen molar-refractivity contribution in [1.29, 1.82) is 0 Å². The maximum absolute atomic E-state index is 13.8. The first-order valence-electron chi connectivity index (χ1n) is 11.1. The van der Waals surface area contributed by atoms with E-state index in [1.54, 1.807) is 53.1 Å². The zero-order valence-electron chi connectivity index (χ0n) is 18.8. The molecule has 0 N–H and O–H groups in total. The van der Waals surface area contributed by atoms with E-state index in [4.69, 9.17) is 16.3 Å². The van der Waals surface area contributed by atoms with Gasteiger partial charge in [0.05, 0.1) is 23.1 Å². The molecule has 0 bridgehead atoms. The number of hydrogen-bond donors (Lipinski definition) is 0. The van der Waals surface area contributed by atoms with Gasteiger partial charge in [0, 0.05) is 48.1 Å². The summed E-state index contributed by atoms with van der Waals surface area (Å²) in [5.41, 5.74) is 1.90. The number of morpholine rings is 1. The summed E-state index contributed by atoms with van der Waals surface area (Å²) in [6, 6.07) is 15.9. The van der Waals surface area contributed by atoms with Gasteiger partial charge in [0.2, 0.25) is 5.78 Å². The second kappa shape index (κ2) is 9.40. The monoisotopic (exact) mass is 506 g/mol. The molecule has 0 spiro atoms. The van der Waals surface area contributed by atoms with Crippen LogP contribution in [0.1, 0.15) is 16.1 Å². The van der Waals surface area contributed by atoms with Gasteiger partial charge in [-0.3, -0.25) is 25.0 Å². The molecule has 0 amide bonds. The summed E-state index contributed by atoms with van der Waals surface area (Å²) in [7, 11) is 0. The van der Waals surface area contributed by atoms with Crippen LogP contribution in [0, 0.1) is 20.2 Å². The summed E-state index contributed by atoms with van der Waals surface area (Å²) in [5, 5.41) is 23.4. The molecule has 1 aliphatic heterocycles. The number of hydrogen-bond acceptors (Lipinski definition) is 7. The van der Waals surface area contributed by atoms with Crippen molar-refractivity contribution in [3.63, 3.8) is 0 Å². The highest BCUT2D eigenvalue weighted by molar-refractivity contribution is 6.32. The van der Waals surface area contributed by atoms with E-state index in [-0.39, 0.29) is 27.7 Å². The first kappa shape index (κ1) is 23.5. The lowest BCUT2D eigenvalue weighted by atomic mass is 9.99. The number of benzene rings is 2. The van der Waals surface area contributed by atoms with Gasteiger partial charge in [-0.05, 0) is 42.0 Å². The number of ketones is 1. The van der Waals surface area contributed by atoms with Crippen molar-refractivity contribution in [1.82, 2.24) is 4.40 Å². The number of carbonyl (C=O) groups is 1. The fourth-order valence-electron chi connectivity index (χ4n) is 4.41. The first-order chi connectivity index (χ1) is 17.3. The number of anilines is 1. The van der Waals surface area contributed by atoms with Crippen LogP contribution in [0.3, 0.4) is 0 Å². The fourth-order valence-corrected chi connectivity index (χ4v) is 4.60. The third-order valence-corrected chi connectivity index (χ3v) is 6.45. The van der Waals surface area contributed by atoms with Gasteiger partial charge in [0.1, 0.15) is 16.4 Å². The molecule has 0 aliphatic carbocycles. The van der Waals surface area contributed by atoms with Gasteiger partial charge < -0.3 is 14.0 Å². The first-order valence-corrected chi connectivity index (χ1v) is 11.4. The number of nitro benzene ring substituents is 2. The van der Waals surface area contributed by atoms with Crippen molar-refractivity contribution >= 4 is 40.0 Å². The predicted molar refractivity (Wildman–Crippen MR) is 134 cm³/mol. The van der Waals surface area contributed by atoms with Gasteiger partial charge in [-0.2, -0.15) is 0 Å². The summed E-state index contributed by atoms with van der Waals surface area (Å²) in [6.07, 6.45) is 1.70. The molecule has 0 saturated carbocycles. The van der Waals surface area contributed by atoms with Crippen molar-refractivity contribution in [3.8, 4) is 11.1 Å². The summed E-state index contributed by atoms with van der Waals surface area (Å²) < 4.78 is 7.01. The molecule has 1 saturated heterocycles. The van der Waals surface area contributed by atoms with Crippen LogP contribution in [-0.4, -0.2) is 46.3 Å². The molecular formula is C25H19ClN4O6. The highest BCUT2D eigenvalue weighted by atomic mass is 35.5. The molecule has 5 rings (SSSR count). The van der Waals surface area contributed by atoms with Gasteiger partial charge >= 0.3 is 0 Å². The summed E-state index contributed by atoms with van der Waals surface area (Å²) in [5.74, 6) is -0.453. The van der Waals surface area contributed by atoms with Gasteiger partial charge in [0.25, 0.3) is 11.4 Å². The largest absolute Gasteiger partial charge is 0.378 e. The Hall–Kier alpha value is -4.28. The average Bonchev–Trinajstić information content (AvgIpc) is 3.28. The van der Waals surface area contributed by atoms with Crippen LogP contribution in [0.2, 0.25) is 5.02 Å². The van der Waals surface area contributed by atoms with Crippen molar-refractivity contribution in [2.45, 2.75) is 0 Å². The van der Waals surface area contributed by atoms with E-state index in [0.717, 1.165) is 0 Å². The Morgan fingerprint density at radius 3 is 2.39 bits per heavy atom. The normalized spacial score (nSPS) is 13.6. The summed E-state index contributed by atoms with van der Waals surface area (Å²) in [4.78, 5) is 38.0. The molecule has 1 fully saturated rings. The SMILES string of the molecule is O=C(c1ccc(N2CCOCC2)c([N+](=O)[O-])c1)c1c(-c2ccc(Cl)c([N+](=O)[O-])c2)cc2ccccn12. The van der Waals surface area contributed by atoms with E-state index < -0.39 is 15.6 Å². The molecular weight excluding hydrogens is 488 g/mol. The number of fused-ring (bicyclic) bond motifs is 1. The number of carbonyl (C=O) groups excluding carboxylic acids is 1. The summed E-state index contributed by atoms with van der Waals surface area (Å²) in [6.45, 7) is 1.95. The number of pyridine rings is 1. The van der Waals surface area contributed by atoms with Crippen LogP contribution in [-0.2, 0) is 4.74 Å². The van der Waals surface area contributed by atoms with Gasteiger partial charge in [-0.25, -0.2) is 0 Å². The zero-order chi connectivity index (χ0) is 25.4. The standard InChI is InChI=1S/C25H19ClN4O6/c26-20-6-4-16(13-22(20)29(32)33)19-15-18-3-1-2-8-28(18)24(19)25(31)17-5-7-21(23(14-17)30(34)35)27-9-11-36-12-10-27/h1-8,13-15H,9-12H2. The van der Waals surface area contributed by atoms with Crippen molar-refractivity contribution in [2.75, 3.05) is 31.2 Å². The zero-order valence-corrected chi connectivity index (χ0v) is 19.6. The van der Waals surface area contributed by atoms with Crippen molar-refractivity contribution in [2.24, 2.45) is 0 Å². The van der Waals surface area contributed by atoms with Crippen LogP contribution in [0.15, 0.2) is 66.9 Å². The quantitative estimate of drug-likeness (QED) is 0.201. The Morgan fingerprint density at radius 1 is 0.917 bits per heavy atom. The molecule has 2 aromatic carbocycles. The van der Waals surface area contributed by atoms with E-state index in [1.165, 1.54) is 18.2 Å².